The Morgan fingerprint density at radius 2 is 2.06 bits per heavy atom. The number of aromatic nitrogens is 1. The van der Waals surface area contributed by atoms with Gasteiger partial charge < -0.3 is 30.5 Å². The molecule has 0 spiro atoms. The number of rotatable bonds is 5. The van der Waals surface area contributed by atoms with Crippen LogP contribution in [0.4, 0.5) is 19.3 Å². The molecule has 1 atom stereocenters. The zero-order valence-corrected chi connectivity index (χ0v) is 18.5. The fraction of sp³-hybridized carbons (Fsp3) is 0.227. The van der Waals surface area contributed by atoms with Gasteiger partial charge in [-0.15, -0.1) is 0 Å². The van der Waals surface area contributed by atoms with Crippen molar-refractivity contribution >= 4 is 40.1 Å². The van der Waals surface area contributed by atoms with Crippen LogP contribution >= 0.6 is 11.6 Å². The summed E-state index contributed by atoms with van der Waals surface area (Å²) in [6, 6.07) is 4.30. The van der Waals surface area contributed by atoms with Crippen molar-refractivity contribution in [2.24, 2.45) is 5.73 Å². The number of nitrogens with two attached hydrogens (primary N) is 1. The summed E-state index contributed by atoms with van der Waals surface area (Å²) in [6.07, 6.45) is 1.09. The lowest BCUT2D eigenvalue weighted by molar-refractivity contribution is 0.0997. The number of hydrogen-bond acceptors (Lipinski definition) is 6. The summed E-state index contributed by atoms with van der Waals surface area (Å²) in [4.78, 5) is 29.5. The molecular weight excluding hydrogens is 474 g/mol. The van der Waals surface area contributed by atoms with Gasteiger partial charge in [-0.1, -0.05) is 11.6 Å². The first-order chi connectivity index (χ1) is 16.2. The molecule has 1 aromatic heterocycles. The number of fused-ring (bicyclic) bond motifs is 1. The zero-order chi connectivity index (χ0) is 24.6. The van der Waals surface area contributed by atoms with E-state index in [9.17, 15) is 19.1 Å². The van der Waals surface area contributed by atoms with E-state index in [0.717, 1.165) is 6.07 Å². The number of carbonyl (C=O) groups is 2. The van der Waals surface area contributed by atoms with Gasteiger partial charge in [-0.3, -0.25) is 9.78 Å². The number of nitrogens with zero attached hydrogens (tertiary/aromatic N) is 2. The quantitative estimate of drug-likeness (QED) is 0.466. The number of β-amino-alcohol motifs (C(OH)–C–C–N with tert-alkyl or cyclic N) is 1. The number of hydrogen-bond donors (Lipinski definition) is 3. The number of anilines is 1. The standard InChI is InChI=1S/C22H19ClF2N4O5/c1-33-17-8-14-11(6-12(17)21(26)31)16(2-4-27-14)34-20-13(24)7-15(18(23)19(20)25)28-22(32)29-5-3-10(30)9-29/h2,4,6-8,10,30H,3,5,9H2,1H3,(H2,26,31)(H,28,32)/t10-/m1/s1. The second kappa shape index (κ2) is 9.27. The van der Waals surface area contributed by atoms with Crippen molar-refractivity contribution in [2.75, 3.05) is 25.5 Å². The number of aliphatic hydroxyl groups excluding tert-OH is 1. The van der Waals surface area contributed by atoms with E-state index < -0.39 is 40.4 Å². The lowest BCUT2D eigenvalue weighted by atomic mass is 10.1. The highest BCUT2D eigenvalue weighted by Crippen LogP contribution is 2.39. The van der Waals surface area contributed by atoms with Gasteiger partial charge in [-0.25, -0.2) is 13.6 Å². The van der Waals surface area contributed by atoms with E-state index in [1.807, 2.05) is 0 Å². The van der Waals surface area contributed by atoms with Crippen molar-refractivity contribution in [1.29, 1.82) is 0 Å². The number of pyridine rings is 1. The first kappa shape index (κ1) is 23.5. The summed E-state index contributed by atoms with van der Waals surface area (Å²) in [5.74, 6) is -3.81. The largest absolute Gasteiger partial charge is 0.496 e. The molecule has 2 aromatic carbocycles. The van der Waals surface area contributed by atoms with Crippen LogP contribution in [0.3, 0.4) is 0 Å². The smallest absolute Gasteiger partial charge is 0.321 e. The third-order valence-electron chi connectivity index (χ3n) is 5.31. The first-order valence-corrected chi connectivity index (χ1v) is 10.4. The van der Waals surface area contributed by atoms with Gasteiger partial charge in [0.25, 0.3) is 5.91 Å². The average Bonchev–Trinajstić information content (AvgIpc) is 3.25. The van der Waals surface area contributed by atoms with Crippen LogP contribution in [0.25, 0.3) is 10.9 Å². The van der Waals surface area contributed by atoms with Crippen LogP contribution in [0.2, 0.25) is 5.02 Å². The topological polar surface area (TPSA) is 127 Å². The maximum Gasteiger partial charge on any atom is 0.321 e. The van der Waals surface area contributed by atoms with E-state index in [0.29, 0.717) is 18.5 Å². The van der Waals surface area contributed by atoms with Gasteiger partial charge in [-0.05, 0) is 18.6 Å². The van der Waals surface area contributed by atoms with Gasteiger partial charge in [-0.2, -0.15) is 0 Å². The van der Waals surface area contributed by atoms with Crippen molar-refractivity contribution in [2.45, 2.75) is 12.5 Å². The van der Waals surface area contributed by atoms with Crippen molar-refractivity contribution in [3.8, 4) is 17.2 Å². The van der Waals surface area contributed by atoms with Gasteiger partial charge in [0, 0.05) is 36.8 Å². The lowest BCUT2D eigenvalue weighted by Crippen LogP contribution is -2.33. The third kappa shape index (κ3) is 4.39. The Hall–Kier alpha value is -3.70. The molecule has 0 saturated carbocycles. The van der Waals surface area contributed by atoms with Crippen molar-refractivity contribution in [3.63, 3.8) is 0 Å². The third-order valence-corrected chi connectivity index (χ3v) is 5.68. The van der Waals surface area contributed by atoms with Crippen molar-refractivity contribution < 1.29 is 33.0 Å². The van der Waals surface area contributed by atoms with E-state index in [2.05, 4.69) is 10.3 Å². The van der Waals surface area contributed by atoms with Gasteiger partial charge in [0.05, 0.1) is 30.0 Å². The number of carbonyl (C=O) groups excluding carboxylic acids is 2. The SMILES string of the molecule is COc1cc2nccc(Oc3c(F)cc(NC(=O)N4CC[C@@H](O)C4)c(Cl)c3F)c2cc1C(N)=O. The van der Waals surface area contributed by atoms with Crippen LogP contribution in [0.1, 0.15) is 16.8 Å². The second-order valence-corrected chi connectivity index (χ2v) is 7.90. The normalized spacial score (nSPS) is 15.4. The Balaban J connectivity index is 1.68. The molecule has 3 aromatic rings. The summed E-state index contributed by atoms with van der Waals surface area (Å²) in [5, 5.41) is 11.6. The van der Waals surface area contributed by atoms with Crippen molar-refractivity contribution in [1.82, 2.24) is 9.88 Å². The molecule has 1 aliphatic heterocycles. The van der Waals surface area contributed by atoms with Crippen LogP contribution in [0.15, 0.2) is 30.5 Å². The Morgan fingerprint density at radius 1 is 1.29 bits per heavy atom. The molecule has 1 fully saturated rings. The minimum Gasteiger partial charge on any atom is -0.496 e. The summed E-state index contributed by atoms with van der Waals surface area (Å²) in [6.45, 7) is 0.396. The first-order valence-electron chi connectivity index (χ1n) is 10.1. The molecule has 0 unspecified atom stereocenters. The lowest BCUT2D eigenvalue weighted by Gasteiger charge is -2.18. The number of likely N-dealkylation sites (tertiary alicyclic amines) is 1. The number of primary amides is 1. The van der Waals surface area contributed by atoms with Crippen molar-refractivity contribution in [3.05, 3.63) is 52.7 Å². The maximum atomic E-state index is 15.0. The second-order valence-electron chi connectivity index (χ2n) is 7.53. The predicted molar refractivity (Wildman–Crippen MR) is 119 cm³/mol. The van der Waals surface area contributed by atoms with Crippen LogP contribution in [-0.4, -0.2) is 53.2 Å². The molecule has 3 amide bonds. The Morgan fingerprint density at radius 3 is 2.71 bits per heavy atom. The minimum atomic E-state index is -1.24. The molecule has 9 nitrogen and oxygen atoms in total. The van der Waals surface area contributed by atoms with Crippen LogP contribution in [-0.2, 0) is 0 Å². The van der Waals surface area contributed by atoms with E-state index in [-0.39, 0.29) is 34.7 Å². The highest BCUT2D eigenvalue weighted by molar-refractivity contribution is 6.34. The predicted octanol–water partition coefficient (Wildman–Crippen LogP) is 3.66. The number of urea groups is 1. The summed E-state index contributed by atoms with van der Waals surface area (Å²) >= 11 is 6.05. The minimum absolute atomic E-state index is 0.0214. The summed E-state index contributed by atoms with van der Waals surface area (Å²) in [7, 11) is 1.35. The number of ether oxygens (including phenoxy) is 2. The highest BCUT2D eigenvalue weighted by Gasteiger charge is 2.27. The molecule has 0 bridgehead atoms. The molecule has 0 aliphatic carbocycles. The number of nitrogens with one attached hydrogen (secondary N) is 1. The molecule has 2 heterocycles. The highest BCUT2D eigenvalue weighted by atomic mass is 35.5. The number of halogens is 3. The molecule has 178 valence electrons. The number of amides is 3. The fourth-order valence-electron chi connectivity index (χ4n) is 3.59. The fourth-order valence-corrected chi connectivity index (χ4v) is 3.78. The van der Waals surface area contributed by atoms with E-state index >= 15 is 4.39 Å². The van der Waals surface area contributed by atoms with Gasteiger partial charge in [0.2, 0.25) is 0 Å². The molecule has 4 rings (SSSR count). The van der Waals surface area contributed by atoms with E-state index in [4.69, 9.17) is 26.8 Å². The zero-order valence-electron chi connectivity index (χ0n) is 17.8. The molecule has 1 aliphatic rings. The van der Waals surface area contributed by atoms with Crippen LogP contribution in [0, 0.1) is 11.6 Å². The molecule has 12 heteroatoms. The maximum absolute atomic E-state index is 15.0. The Kier molecular flexibility index (Phi) is 6.40. The number of aliphatic hydroxyl groups is 1. The number of benzene rings is 2. The Bertz CT molecular complexity index is 1310. The summed E-state index contributed by atoms with van der Waals surface area (Å²) in [5.41, 5.74) is 5.44. The molecule has 34 heavy (non-hydrogen) atoms. The molecule has 4 N–H and O–H groups in total. The van der Waals surface area contributed by atoms with Crippen LogP contribution < -0.4 is 20.5 Å². The monoisotopic (exact) mass is 492 g/mol. The van der Waals surface area contributed by atoms with Gasteiger partial charge in [0.1, 0.15) is 16.5 Å². The summed E-state index contributed by atoms with van der Waals surface area (Å²) < 4.78 is 40.5. The average molecular weight is 493 g/mol. The molecular formula is C22H19ClF2N4O5. The van der Waals surface area contributed by atoms with Crippen LogP contribution in [0.5, 0.6) is 17.2 Å². The van der Waals surface area contributed by atoms with E-state index in [1.54, 1.807) is 0 Å². The Labute approximate surface area is 197 Å². The van der Waals surface area contributed by atoms with Gasteiger partial charge in [0.15, 0.2) is 17.4 Å². The number of methoxy groups -OCH3 is 1. The van der Waals surface area contributed by atoms with Gasteiger partial charge >= 0.3 is 6.03 Å². The molecule has 0 radical (unpaired) electrons. The molecule has 1 saturated heterocycles. The van der Waals surface area contributed by atoms with E-state index in [1.165, 1.54) is 36.4 Å².